The Balaban J connectivity index is 1.97. The lowest BCUT2D eigenvalue weighted by atomic mass is 10.2. The summed E-state index contributed by atoms with van der Waals surface area (Å²) in [6.45, 7) is 5.78. The number of anilines is 1. The highest BCUT2D eigenvalue weighted by Gasteiger charge is 2.27. The maximum Gasteiger partial charge on any atom is 0.337 e. The fourth-order valence-corrected chi connectivity index (χ4v) is 2.83. The average Bonchev–Trinajstić information content (AvgIpc) is 3.04. The Kier molecular flexibility index (Phi) is 6.39. The minimum absolute atomic E-state index is 0.0578. The maximum atomic E-state index is 12.1. The van der Waals surface area contributed by atoms with Gasteiger partial charge in [0.1, 0.15) is 0 Å². The first-order valence-electron chi connectivity index (χ1n) is 8.05. The van der Waals surface area contributed by atoms with Crippen molar-refractivity contribution in [3.8, 4) is 0 Å². The lowest BCUT2D eigenvalue weighted by molar-refractivity contribution is -0.136. The molecule has 1 aliphatic rings. The van der Waals surface area contributed by atoms with Crippen LogP contribution >= 0.6 is 11.6 Å². The molecule has 8 heteroatoms. The summed E-state index contributed by atoms with van der Waals surface area (Å²) in [5.74, 6) is -2.11. The third-order valence-electron chi connectivity index (χ3n) is 4.13. The van der Waals surface area contributed by atoms with Crippen molar-refractivity contribution in [2.24, 2.45) is 0 Å². The highest BCUT2D eigenvalue weighted by Crippen LogP contribution is 2.23. The molecule has 1 atom stereocenters. The normalized spacial score (nSPS) is 17.4. The van der Waals surface area contributed by atoms with Gasteiger partial charge in [-0.2, -0.15) is 0 Å². The van der Waals surface area contributed by atoms with Crippen LogP contribution in [0.3, 0.4) is 0 Å². The van der Waals surface area contributed by atoms with Gasteiger partial charge in [-0.25, -0.2) is 4.79 Å². The first kappa shape index (κ1) is 19.2. The molecule has 1 aliphatic heterocycles. The second-order valence-electron chi connectivity index (χ2n) is 6.19. The van der Waals surface area contributed by atoms with Gasteiger partial charge in [0, 0.05) is 25.2 Å². The Bertz CT molecular complexity index is 678. The van der Waals surface area contributed by atoms with E-state index in [0.29, 0.717) is 6.04 Å². The average molecular weight is 368 g/mol. The van der Waals surface area contributed by atoms with Crippen LogP contribution in [0.25, 0.3) is 0 Å². The van der Waals surface area contributed by atoms with Crippen molar-refractivity contribution >= 4 is 35.1 Å². The van der Waals surface area contributed by atoms with E-state index in [0.717, 1.165) is 19.5 Å². The number of ether oxygens (including phenoxy) is 1. The Hall–Kier alpha value is -2.12. The number of carbonyl (C=O) groups excluding carboxylic acids is 3. The minimum atomic E-state index is -0.827. The summed E-state index contributed by atoms with van der Waals surface area (Å²) in [7, 11) is 1.25. The van der Waals surface area contributed by atoms with Gasteiger partial charge in [-0.15, -0.1) is 0 Å². The molecule has 0 bridgehead atoms. The lowest BCUT2D eigenvalue weighted by Gasteiger charge is -2.20. The fourth-order valence-electron chi connectivity index (χ4n) is 2.67. The zero-order chi connectivity index (χ0) is 18.6. The van der Waals surface area contributed by atoms with Crippen LogP contribution in [0.5, 0.6) is 0 Å². The molecule has 0 spiro atoms. The van der Waals surface area contributed by atoms with Crippen LogP contribution in [0, 0.1) is 0 Å². The summed E-state index contributed by atoms with van der Waals surface area (Å²) in [6.07, 6.45) is 0.801. The van der Waals surface area contributed by atoms with E-state index in [4.69, 9.17) is 11.6 Å². The molecule has 1 heterocycles. The Labute approximate surface area is 151 Å². The van der Waals surface area contributed by atoms with E-state index < -0.39 is 17.8 Å². The molecule has 2 rings (SSSR count). The van der Waals surface area contributed by atoms with Gasteiger partial charge >= 0.3 is 17.8 Å². The standard InChI is InChI=1S/C17H22ClN3O4/c1-10(2)21-7-6-12(9-21)19-15(22)16(23)20-14-8-11(17(24)25-3)4-5-13(14)18/h4-5,8,10,12H,6-7,9H2,1-3H3,(H,19,22)(H,20,23). The number of carbonyl (C=O) groups is 3. The first-order chi connectivity index (χ1) is 11.8. The summed E-state index contributed by atoms with van der Waals surface area (Å²) < 4.78 is 4.62. The van der Waals surface area contributed by atoms with Crippen LogP contribution in [0.1, 0.15) is 30.6 Å². The second kappa shape index (κ2) is 8.31. The highest BCUT2D eigenvalue weighted by atomic mass is 35.5. The van der Waals surface area contributed by atoms with Crippen molar-refractivity contribution in [2.75, 3.05) is 25.5 Å². The minimum Gasteiger partial charge on any atom is -0.465 e. The molecule has 0 saturated carbocycles. The van der Waals surface area contributed by atoms with Crippen molar-refractivity contribution in [3.05, 3.63) is 28.8 Å². The molecule has 2 N–H and O–H groups in total. The van der Waals surface area contributed by atoms with Gasteiger partial charge in [0.05, 0.1) is 23.4 Å². The van der Waals surface area contributed by atoms with Crippen LogP contribution in [-0.2, 0) is 14.3 Å². The van der Waals surface area contributed by atoms with Crippen molar-refractivity contribution in [1.29, 1.82) is 0 Å². The molecule has 1 fully saturated rings. The molecule has 1 aromatic carbocycles. The quantitative estimate of drug-likeness (QED) is 0.624. The lowest BCUT2D eigenvalue weighted by Crippen LogP contribution is -2.43. The van der Waals surface area contributed by atoms with E-state index in [9.17, 15) is 14.4 Å². The number of likely N-dealkylation sites (tertiary alicyclic amines) is 1. The number of hydrogen-bond acceptors (Lipinski definition) is 5. The number of rotatable bonds is 4. The molecule has 0 aromatic heterocycles. The van der Waals surface area contributed by atoms with E-state index in [2.05, 4.69) is 34.1 Å². The monoisotopic (exact) mass is 367 g/mol. The van der Waals surface area contributed by atoms with E-state index in [1.807, 2.05) is 0 Å². The molecule has 136 valence electrons. The SMILES string of the molecule is COC(=O)c1ccc(Cl)c(NC(=O)C(=O)NC2CCN(C(C)C)C2)c1. The number of nitrogens with one attached hydrogen (secondary N) is 2. The summed E-state index contributed by atoms with van der Waals surface area (Å²) in [6, 6.07) is 4.64. The number of hydrogen-bond donors (Lipinski definition) is 2. The van der Waals surface area contributed by atoms with E-state index in [1.165, 1.54) is 25.3 Å². The summed E-state index contributed by atoms with van der Waals surface area (Å²) in [5, 5.41) is 5.38. The molecule has 25 heavy (non-hydrogen) atoms. The topological polar surface area (TPSA) is 87.7 Å². The van der Waals surface area contributed by atoms with E-state index in [-0.39, 0.29) is 22.3 Å². The number of halogens is 1. The molecule has 1 unspecified atom stereocenters. The molecule has 0 aliphatic carbocycles. The summed E-state index contributed by atoms with van der Waals surface area (Å²) >= 11 is 6.01. The van der Waals surface area contributed by atoms with Crippen LogP contribution < -0.4 is 10.6 Å². The number of esters is 1. The molecular formula is C17H22ClN3O4. The predicted molar refractivity (Wildman–Crippen MR) is 94.7 cm³/mol. The Morgan fingerprint density at radius 1 is 1.28 bits per heavy atom. The Morgan fingerprint density at radius 3 is 2.60 bits per heavy atom. The zero-order valence-corrected chi connectivity index (χ0v) is 15.2. The fraction of sp³-hybridized carbons (Fsp3) is 0.471. The molecule has 2 amide bonds. The smallest absolute Gasteiger partial charge is 0.337 e. The summed E-state index contributed by atoms with van der Waals surface area (Å²) in [4.78, 5) is 38.0. The predicted octanol–water partition coefficient (Wildman–Crippen LogP) is 1.66. The van der Waals surface area contributed by atoms with Crippen LogP contribution in [0.4, 0.5) is 5.69 Å². The largest absolute Gasteiger partial charge is 0.465 e. The van der Waals surface area contributed by atoms with E-state index in [1.54, 1.807) is 0 Å². The van der Waals surface area contributed by atoms with Gasteiger partial charge < -0.3 is 15.4 Å². The van der Waals surface area contributed by atoms with Crippen LogP contribution in [0.2, 0.25) is 5.02 Å². The van der Waals surface area contributed by atoms with Gasteiger partial charge in [0.25, 0.3) is 0 Å². The highest BCUT2D eigenvalue weighted by molar-refractivity contribution is 6.41. The zero-order valence-electron chi connectivity index (χ0n) is 14.5. The molecule has 1 saturated heterocycles. The van der Waals surface area contributed by atoms with Gasteiger partial charge in [-0.1, -0.05) is 11.6 Å². The van der Waals surface area contributed by atoms with Gasteiger partial charge in [0.2, 0.25) is 0 Å². The second-order valence-corrected chi connectivity index (χ2v) is 6.60. The third kappa shape index (κ3) is 4.93. The van der Waals surface area contributed by atoms with Crippen molar-refractivity contribution in [3.63, 3.8) is 0 Å². The van der Waals surface area contributed by atoms with Gasteiger partial charge in [-0.05, 0) is 38.5 Å². The Morgan fingerprint density at radius 2 is 2.00 bits per heavy atom. The molecule has 7 nitrogen and oxygen atoms in total. The first-order valence-corrected chi connectivity index (χ1v) is 8.43. The van der Waals surface area contributed by atoms with Crippen LogP contribution in [-0.4, -0.2) is 55.0 Å². The third-order valence-corrected chi connectivity index (χ3v) is 4.46. The maximum absolute atomic E-state index is 12.1. The molecular weight excluding hydrogens is 346 g/mol. The number of nitrogens with zero attached hydrogens (tertiary/aromatic N) is 1. The van der Waals surface area contributed by atoms with Crippen molar-refractivity contribution in [2.45, 2.75) is 32.4 Å². The van der Waals surface area contributed by atoms with Crippen LogP contribution in [0.15, 0.2) is 18.2 Å². The van der Waals surface area contributed by atoms with Crippen molar-refractivity contribution in [1.82, 2.24) is 10.2 Å². The van der Waals surface area contributed by atoms with Gasteiger partial charge in [-0.3, -0.25) is 14.5 Å². The number of methoxy groups -OCH3 is 1. The molecule has 1 aromatic rings. The van der Waals surface area contributed by atoms with Crippen molar-refractivity contribution < 1.29 is 19.1 Å². The molecule has 0 radical (unpaired) electrons. The number of benzene rings is 1. The summed E-state index contributed by atoms with van der Waals surface area (Å²) in [5.41, 5.74) is 0.408. The number of amides is 2. The van der Waals surface area contributed by atoms with E-state index >= 15 is 0 Å². The van der Waals surface area contributed by atoms with Gasteiger partial charge in [0.15, 0.2) is 0 Å².